The van der Waals surface area contributed by atoms with Crippen molar-refractivity contribution >= 4 is 27.2 Å². The van der Waals surface area contributed by atoms with Gasteiger partial charge in [0.2, 0.25) is 0 Å². The van der Waals surface area contributed by atoms with Gasteiger partial charge in [-0.1, -0.05) is 0 Å². The number of aryl methyl sites for hydroxylation is 2. The molecule has 0 bridgehead atoms. The highest BCUT2D eigenvalue weighted by Crippen LogP contribution is 2.29. The van der Waals surface area contributed by atoms with Gasteiger partial charge in [-0.05, 0) is 24.6 Å². The molecule has 0 aliphatic carbocycles. The van der Waals surface area contributed by atoms with Crippen molar-refractivity contribution in [1.29, 1.82) is 0 Å². The minimum absolute atomic E-state index is 0.789. The number of hydrogen-bond donors (Lipinski definition) is 0. The van der Waals surface area contributed by atoms with Gasteiger partial charge in [0.05, 0.1) is 5.39 Å². The molecule has 70 valence electrons. The standard InChI is InChI=1S/C8H7N5S/c1-4-5(2)14-8-6(4)7-9-3-10-13(7)12-11-8/h3H,1-2H3. The van der Waals surface area contributed by atoms with Crippen molar-refractivity contribution in [3.8, 4) is 0 Å². The Balaban J connectivity index is 2.66. The molecular weight excluding hydrogens is 198 g/mol. The van der Waals surface area contributed by atoms with E-state index in [4.69, 9.17) is 0 Å². The Morgan fingerprint density at radius 1 is 1.36 bits per heavy atom. The van der Waals surface area contributed by atoms with Crippen molar-refractivity contribution in [3.05, 3.63) is 16.8 Å². The number of rotatable bonds is 0. The SMILES string of the molecule is Cc1sc2nnn3ncnc3c2c1C. The lowest BCUT2D eigenvalue weighted by atomic mass is 10.2. The van der Waals surface area contributed by atoms with Crippen LogP contribution in [0.15, 0.2) is 6.33 Å². The van der Waals surface area contributed by atoms with E-state index in [1.165, 1.54) is 21.4 Å². The molecule has 14 heavy (non-hydrogen) atoms. The van der Waals surface area contributed by atoms with E-state index in [-0.39, 0.29) is 0 Å². The van der Waals surface area contributed by atoms with Gasteiger partial charge >= 0.3 is 0 Å². The molecule has 0 atom stereocenters. The highest BCUT2D eigenvalue weighted by molar-refractivity contribution is 7.18. The van der Waals surface area contributed by atoms with E-state index in [1.807, 2.05) is 0 Å². The van der Waals surface area contributed by atoms with Gasteiger partial charge in [-0.25, -0.2) is 4.98 Å². The molecule has 0 aromatic carbocycles. The summed E-state index contributed by atoms with van der Waals surface area (Å²) in [5.74, 6) is 0. The Hall–Kier alpha value is -1.56. The topological polar surface area (TPSA) is 56.0 Å². The molecule has 0 N–H and O–H groups in total. The summed E-state index contributed by atoms with van der Waals surface area (Å²) in [7, 11) is 0. The summed E-state index contributed by atoms with van der Waals surface area (Å²) in [6.45, 7) is 4.15. The predicted octanol–water partition coefficient (Wildman–Crippen LogP) is 1.35. The van der Waals surface area contributed by atoms with Crippen molar-refractivity contribution in [2.24, 2.45) is 0 Å². The number of fused-ring (bicyclic) bond motifs is 3. The van der Waals surface area contributed by atoms with Gasteiger partial charge in [0.25, 0.3) is 0 Å². The third-order valence-corrected chi connectivity index (χ3v) is 3.43. The summed E-state index contributed by atoms with van der Waals surface area (Å²) in [5, 5.41) is 13.0. The van der Waals surface area contributed by atoms with Gasteiger partial charge < -0.3 is 0 Å². The molecule has 0 saturated heterocycles. The first kappa shape index (κ1) is 7.81. The summed E-state index contributed by atoms with van der Waals surface area (Å²) < 4.78 is 1.46. The van der Waals surface area contributed by atoms with Crippen LogP contribution in [0.3, 0.4) is 0 Å². The van der Waals surface area contributed by atoms with Crippen LogP contribution in [0.2, 0.25) is 0 Å². The van der Waals surface area contributed by atoms with E-state index in [2.05, 4.69) is 34.2 Å². The zero-order valence-electron chi connectivity index (χ0n) is 7.72. The minimum atomic E-state index is 0.789. The van der Waals surface area contributed by atoms with Crippen molar-refractivity contribution in [2.45, 2.75) is 13.8 Å². The van der Waals surface area contributed by atoms with Gasteiger partial charge in [-0.3, -0.25) is 0 Å². The van der Waals surface area contributed by atoms with Gasteiger partial charge in [0.15, 0.2) is 10.5 Å². The highest BCUT2D eigenvalue weighted by atomic mass is 32.1. The fourth-order valence-corrected chi connectivity index (χ4v) is 2.46. The van der Waals surface area contributed by atoms with Crippen LogP contribution in [-0.2, 0) is 0 Å². The van der Waals surface area contributed by atoms with Gasteiger partial charge in [0.1, 0.15) is 6.33 Å². The normalized spacial score (nSPS) is 11.6. The second-order valence-electron chi connectivity index (χ2n) is 3.13. The summed E-state index contributed by atoms with van der Waals surface area (Å²) in [5.41, 5.74) is 2.01. The van der Waals surface area contributed by atoms with Crippen LogP contribution in [0.25, 0.3) is 15.9 Å². The third kappa shape index (κ3) is 0.832. The average Bonchev–Trinajstić information content (AvgIpc) is 2.72. The smallest absolute Gasteiger partial charge is 0.188 e. The van der Waals surface area contributed by atoms with Gasteiger partial charge in [-0.15, -0.1) is 26.2 Å². The molecule has 0 unspecified atom stereocenters. The molecule has 6 heteroatoms. The van der Waals surface area contributed by atoms with E-state index in [0.29, 0.717) is 0 Å². The maximum Gasteiger partial charge on any atom is 0.188 e. The van der Waals surface area contributed by atoms with Crippen LogP contribution in [0.5, 0.6) is 0 Å². The summed E-state index contributed by atoms with van der Waals surface area (Å²) in [6, 6.07) is 0. The first-order valence-electron chi connectivity index (χ1n) is 4.20. The molecule has 0 aliphatic heterocycles. The van der Waals surface area contributed by atoms with E-state index in [1.54, 1.807) is 11.3 Å². The molecule has 0 radical (unpaired) electrons. The fraction of sp³-hybridized carbons (Fsp3) is 0.250. The molecule has 0 fully saturated rings. The lowest BCUT2D eigenvalue weighted by Gasteiger charge is -1.92. The molecule has 3 aromatic heterocycles. The molecule has 3 rings (SSSR count). The molecule has 5 nitrogen and oxygen atoms in total. The first-order valence-corrected chi connectivity index (χ1v) is 5.01. The quantitative estimate of drug-likeness (QED) is 0.556. The average molecular weight is 205 g/mol. The van der Waals surface area contributed by atoms with E-state index in [0.717, 1.165) is 15.9 Å². The van der Waals surface area contributed by atoms with Gasteiger partial charge in [0, 0.05) is 4.88 Å². The van der Waals surface area contributed by atoms with Crippen LogP contribution in [0.4, 0.5) is 0 Å². The van der Waals surface area contributed by atoms with Crippen molar-refractivity contribution < 1.29 is 0 Å². The molecular formula is C8H7N5S. The maximum atomic E-state index is 4.18. The predicted molar refractivity (Wildman–Crippen MR) is 53.4 cm³/mol. The Morgan fingerprint density at radius 2 is 2.21 bits per heavy atom. The third-order valence-electron chi connectivity index (χ3n) is 2.34. The summed E-state index contributed by atoms with van der Waals surface area (Å²) in [4.78, 5) is 6.36. The van der Waals surface area contributed by atoms with Crippen LogP contribution in [-0.4, -0.2) is 25.0 Å². The lowest BCUT2D eigenvalue weighted by Crippen LogP contribution is -1.96. The van der Waals surface area contributed by atoms with Crippen molar-refractivity contribution in [1.82, 2.24) is 25.0 Å². The molecule has 0 aliphatic rings. The Kier molecular flexibility index (Phi) is 1.38. The molecule has 3 aromatic rings. The Bertz CT molecular complexity index is 623. The van der Waals surface area contributed by atoms with Gasteiger partial charge in [-0.2, -0.15) is 0 Å². The molecule has 0 spiro atoms. The highest BCUT2D eigenvalue weighted by Gasteiger charge is 2.12. The second-order valence-corrected chi connectivity index (χ2v) is 4.33. The zero-order chi connectivity index (χ0) is 9.71. The number of thiophene rings is 1. The van der Waals surface area contributed by atoms with Crippen LogP contribution >= 0.6 is 11.3 Å². The molecule has 3 heterocycles. The lowest BCUT2D eigenvalue weighted by molar-refractivity contribution is 0.735. The van der Waals surface area contributed by atoms with Crippen molar-refractivity contribution in [3.63, 3.8) is 0 Å². The minimum Gasteiger partial charge on any atom is -0.213 e. The molecule has 0 saturated carbocycles. The number of hydrogen-bond acceptors (Lipinski definition) is 5. The fourth-order valence-electron chi connectivity index (χ4n) is 1.49. The number of aromatic nitrogens is 5. The number of nitrogens with zero attached hydrogens (tertiary/aromatic N) is 5. The van der Waals surface area contributed by atoms with Crippen molar-refractivity contribution in [2.75, 3.05) is 0 Å². The van der Waals surface area contributed by atoms with Crippen LogP contribution in [0, 0.1) is 13.8 Å². The zero-order valence-corrected chi connectivity index (χ0v) is 8.54. The monoisotopic (exact) mass is 205 g/mol. The largest absolute Gasteiger partial charge is 0.213 e. The molecule has 0 amide bonds. The van der Waals surface area contributed by atoms with Crippen LogP contribution < -0.4 is 0 Å². The Labute approximate surface area is 83.4 Å². The van der Waals surface area contributed by atoms with E-state index >= 15 is 0 Å². The second kappa shape index (κ2) is 2.48. The van der Waals surface area contributed by atoms with Crippen LogP contribution in [0.1, 0.15) is 10.4 Å². The Morgan fingerprint density at radius 3 is 3.07 bits per heavy atom. The van der Waals surface area contributed by atoms with E-state index in [9.17, 15) is 0 Å². The summed E-state index contributed by atoms with van der Waals surface area (Å²) >= 11 is 1.64. The first-order chi connectivity index (χ1) is 6.77. The summed E-state index contributed by atoms with van der Waals surface area (Å²) in [6.07, 6.45) is 1.50. The maximum absolute atomic E-state index is 4.18. The van der Waals surface area contributed by atoms with E-state index < -0.39 is 0 Å².